The third-order valence-electron chi connectivity index (χ3n) is 4.56. The van der Waals surface area contributed by atoms with Gasteiger partial charge in [-0.3, -0.25) is 0 Å². The lowest BCUT2D eigenvalue weighted by Crippen LogP contribution is -2.34. The van der Waals surface area contributed by atoms with E-state index < -0.39 is 0 Å². The number of nitrogens with zero attached hydrogens (tertiary/aromatic N) is 4. The van der Waals surface area contributed by atoms with E-state index in [1.807, 2.05) is 24.3 Å². The van der Waals surface area contributed by atoms with E-state index in [1.54, 1.807) is 13.4 Å². The molecule has 1 aliphatic heterocycles. The minimum absolute atomic E-state index is 0.706. The highest BCUT2D eigenvalue weighted by Gasteiger charge is 2.22. The Morgan fingerprint density at radius 1 is 1.21 bits per heavy atom. The molecule has 3 heterocycles. The summed E-state index contributed by atoms with van der Waals surface area (Å²) in [5.41, 5.74) is 2.92. The second-order valence-corrected chi connectivity index (χ2v) is 7.10. The fourth-order valence-electron chi connectivity index (χ4n) is 3.30. The second-order valence-electron chi connectivity index (χ2n) is 6.33. The summed E-state index contributed by atoms with van der Waals surface area (Å²) in [7, 11) is 1.67. The summed E-state index contributed by atoms with van der Waals surface area (Å²) in [6, 6.07) is 7.96. The van der Waals surface area contributed by atoms with E-state index in [1.165, 1.54) is 24.4 Å². The van der Waals surface area contributed by atoms with E-state index >= 15 is 0 Å². The van der Waals surface area contributed by atoms with Gasteiger partial charge in [0.05, 0.1) is 7.11 Å². The molecule has 0 amide bonds. The maximum Gasteiger partial charge on any atom is 0.151 e. The fourth-order valence-corrected chi connectivity index (χ4v) is 4.17. The molecule has 2 aromatic heterocycles. The zero-order valence-corrected chi connectivity index (χ0v) is 14.7. The Balaban J connectivity index is 1.75. The van der Waals surface area contributed by atoms with Gasteiger partial charge in [-0.1, -0.05) is 6.92 Å². The van der Waals surface area contributed by atoms with Crippen molar-refractivity contribution in [1.82, 2.24) is 14.3 Å². The number of methoxy groups -OCH3 is 1. The summed E-state index contributed by atoms with van der Waals surface area (Å²) in [5.74, 6) is 2.58. The number of fused-ring (bicyclic) bond motifs is 1. The van der Waals surface area contributed by atoms with Crippen LogP contribution >= 0.6 is 11.5 Å². The standard InChI is InChI=1S/C18H20N4OS/c1-12-4-3-9-22(10-12)18-17-16(19-11-20-18)15(21-24-17)13-5-7-14(23-2)8-6-13/h5-8,11-12H,3-4,9-10H2,1-2H3/t12-/m0/s1. The first-order chi connectivity index (χ1) is 11.8. The second kappa shape index (κ2) is 6.36. The molecule has 24 heavy (non-hydrogen) atoms. The van der Waals surface area contributed by atoms with Crippen LogP contribution in [-0.4, -0.2) is 34.5 Å². The minimum Gasteiger partial charge on any atom is -0.497 e. The summed E-state index contributed by atoms with van der Waals surface area (Å²) in [6.45, 7) is 4.42. The SMILES string of the molecule is COc1ccc(-c2nsc3c(N4CCC[C@H](C)C4)ncnc23)cc1. The average Bonchev–Trinajstić information content (AvgIpc) is 3.06. The van der Waals surface area contributed by atoms with Crippen LogP contribution in [0.1, 0.15) is 19.8 Å². The highest BCUT2D eigenvalue weighted by Crippen LogP contribution is 2.35. The van der Waals surface area contributed by atoms with Crippen molar-refractivity contribution in [3.05, 3.63) is 30.6 Å². The van der Waals surface area contributed by atoms with Crippen LogP contribution in [0.25, 0.3) is 21.5 Å². The van der Waals surface area contributed by atoms with Gasteiger partial charge in [-0.2, -0.15) is 4.37 Å². The molecule has 1 saturated heterocycles. The molecule has 124 valence electrons. The largest absolute Gasteiger partial charge is 0.497 e. The van der Waals surface area contributed by atoms with Gasteiger partial charge in [-0.25, -0.2) is 9.97 Å². The smallest absolute Gasteiger partial charge is 0.151 e. The van der Waals surface area contributed by atoms with Gasteiger partial charge in [0.1, 0.15) is 28.0 Å². The van der Waals surface area contributed by atoms with Gasteiger partial charge in [0.25, 0.3) is 0 Å². The Labute approximate surface area is 145 Å². The first kappa shape index (κ1) is 15.3. The van der Waals surface area contributed by atoms with Crippen molar-refractivity contribution >= 4 is 27.6 Å². The Bertz CT molecular complexity index is 846. The summed E-state index contributed by atoms with van der Waals surface area (Å²) in [6.07, 6.45) is 4.18. The summed E-state index contributed by atoms with van der Waals surface area (Å²) < 4.78 is 11.0. The minimum atomic E-state index is 0.706. The van der Waals surface area contributed by atoms with Crippen LogP contribution in [0.2, 0.25) is 0 Å². The third kappa shape index (κ3) is 2.71. The summed E-state index contributed by atoms with van der Waals surface area (Å²) in [4.78, 5) is 11.5. The van der Waals surface area contributed by atoms with Crippen molar-refractivity contribution in [2.45, 2.75) is 19.8 Å². The molecule has 1 aromatic carbocycles. The molecule has 4 rings (SSSR count). The average molecular weight is 340 g/mol. The molecular formula is C18H20N4OS. The molecular weight excluding hydrogens is 320 g/mol. The predicted octanol–water partition coefficient (Wildman–Crippen LogP) is 4.00. The number of hydrogen-bond acceptors (Lipinski definition) is 6. The Kier molecular flexibility index (Phi) is 4.06. The topological polar surface area (TPSA) is 51.1 Å². The van der Waals surface area contributed by atoms with Gasteiger partial charge in [0, 0.05) is 18.7 Å². The van der Waals surface area contributed by atoms with E-state index in [0.717, 1.165) is 46.1 Å². The van der Waals surface area contributed by atoms with Crippen LogP contribution in [0.4, 0.5) is 5.82 Å². The molecule has 0 radical (unpaired) electrons. The molecule has 0 saturated carbocycles. The normalized spacial score (nSPS) is 18.1. The molecule has 0 spiro atoms. The van der Waals surface area contributed by atoms with Gasteiger partial charge in [-0.15, -0.1) is 0 Å². The van der Waals surface area contributed by atoms with Gasteiger partial charge < -0.3 is 9.64 Å². The lowest BCUT2D eigenvalue weighted by atomic mass is 10.0. The Morgan fingerprint density at radius 3 is 2.79 bits per heavy atom. The molecule has 1 fully saturated rings. The third-order valence-corrected chi connectivity index (χ3v) is 5.39. The van der Waals surface area contributed by atoms with Gasteiger partial charge in [0.15, 0.2) is 5.82 Å². The van der Waals surface area contributed by atoms with E-state index in [0.29, 0.717) is 5.92 Å². The fraction of sp³-hybridized carbons (Fsp3) is 0.389. The monoisotopic (exact) mass is 340 g/mol. The molecule has 5 nitrogen and oxygen atoms in total. The van der Waals surface area contributed by atoms with Crippen LogP contribution in [-0.2, 0) is 0 Å². The molecule has 0 aliphatic carbocycles. The number of aromatic nitrogens is 3. The summed E-state index contributed by atoms with van der Waals surface area (Å²) in [5, 5.41) is 0. The van der Waals surface area contributed by atoms with Crippen LogP contribution in [0, 0.1) is 5.92 Å². The van der Waals surface area contributed by atoms with Crippen molar-refractivity contribution in [2.24, 2.45) is 5.92 Å². The highest BCUT2D eigenvalue weighted by molar-refractivity contribution is 7.14. The molecule has 6 heteroatoms. The number of benzene rings is 1. The maximum atomic E-state index is 5.23. The zero-order valence-electron chi connectivity index (χ0n) is 13.9. The first-order valence-corrected chi connectivity index (χ1v) is 9.03. The van der Waals surface area contributed by atoms with Crippen molar-refractivity contribution < 1.29 is 4.74 Å². The van der Waals surface area contributed by atoms with Crippen LogP contribution in [0.5, 0.6) is 5.75 Å². The van der Waals surface area contributed by atoms with Gasteiger partial charge in [0.2, 0.25) is 0 Å². The van der Waals surface area contributed by atoms with Gasteiger partial charge in [-0.05, 0) is 54.6 Å². The van der Waals surface area contributed by atoms with E-state index in [4.69, 9.17) is 4.74 Å². The Morgan fingerprint density at radius 2 is 2.04 bits per heavy atom. The van der Waals surface area contributed by atoms with Crippen LogP contribution in [0.3, 0.4) is 0 Å². The number of rotatable bonds is 3. The molecule has 0 unspecified atom stereocenters. The first-order valence-electron chi connectivity index (χ1n) is 8.26. The molecule has 1 atom stereocenters. The molecule has 3 aromatic rings. The maximum absolute atomic E-state index is 5.23. The highest BCUT2D eigenvalue weighted by atomic mass is 32.1. The van der Waals surface area contributed by atoms with Crippen molar-refractivity contribution in [1.29, 1.82) is 0 Å². The Hall–Kier alpha value is -2.21. The van der Waals surface area contributed by atoms with E-state index in [2.05, 4.69) is 26.2 Å². The van der Waals surface area contributed by atoms with E-state index in [-0.39, 0.29) is 0 Å². The number of ether oxygens (including phenoxy) is 1. The number of hydrogen-bond donors (Lipinski definition) is 0. The zero-order chi connectivity index (χ0) is 16.5. The lowest BCUT2D eigenvalue weighted by molar-refractivity contribution is 0.415. The van der Waals surface area contributed by atoms with Crippen LogP contribution in [0.15, 0.2) is 30.6 Å². The quantitative estimate of drug-likeness (QED) is 0.721. The lowest BCUT2D eigenvalue weighted by Gasteiger charge is -2.31. The van der Waals surface area contributed by atoms with Gasteiger partial charge >= 0.3 is 0 Å². The van der Waals surface area contributed by atoms with E-state index in [9.17, 15) is 0 Å². The summed E-state index contributed by atoms with van der Waals surface area (Å²) >= 11 is 1.49. The number of piperidine rings is 1. The van der Waals surface area contributed by atoms with Crippen molar-refractivity contribution in [3.8, 4) is 17.0 Å². The molecule has 0 bridgehead atoms. The number of anilines is 1. The van der Waals surface area contributed by atoms with Crippen LogP contribution < -0.4 is 9.64 Å². The predicted molar refractivity (Wildman–Crippen MR) is 97.8 cm³/mol. The molecule has 0 N–H and O–H groups in total. The van der Waals surface area contributed by atoms with Crippen molar-refractivity contribution in [2.75, 3.05) is 25.1 Å². The molecule has 1 aliphatic rings. The van der Waals surface area contributed by atoms with Crippen molar-refractivity contribution in [3.63, 3.8) is 0 Å².